The molecule has 0 spiro atoms. The first-order valence-corrected chi connectivity index (χ1v) is 6.18. The fraction of sp³-hybridized carbons (Fsp3) is 0.417. The van der Waals surface area contributed by atoms with E-state index in [1.807, 2.05) is 6.92 Å². The number of primary amides is 1. The summed E-state index contributed by atoms with van der Waals surface area (Å²) in [5.74, 6) is -0.477. The van der Waals surface area contributed by atoms with Crippen molar-refractivity contribution < 1.29 is 4.79 Å². The van der Waals surface area contributed by atoms with E-state index in [0.29, 0.717) is 22.2 Å². The van der Waals surface area contributed by atoms with Crippen molar-refractivity contribution in [1.82, 2.24) is 5.32 Å². The van der Waals surface area contributed by atoms with Crippen molar-refractivity contribution >= 4 is 29.1 Å². The molecular weight excluding hydrogens is 259 g/mol. The summed E-state index contributed by atoms with van der Waals surface area (Å²) in [5, 5.41) is 4.11. The molecule has 0 aliphatic rings. The van der Waals surface area contributed by atoms with Crippen LogP contribution in [0.5, 0.6) is 0 Å². The van der Waals surface area contributed by atoms with Crippen molar-refractivity contribution in [2.45, 2.75) is 25.8 Å². The van der Waals surface area contributed by atoms with E-state index < -0.39 is 11.4 Å². The van der Waals surface area contributed by atoms with E-state index in [2.05, 4.69) is 5.32 Å². The van der Waals surface area contributed by atoms with E-state index in [1.54, 1.807) is 25.1 Å². The first kappa shape index (κ1) is 14.3. The van der Waals surface area contributed by atoms with Gasteiger partial charge in [-0.3, -0.25) is 10.1 Å². The molecule has 0 saturated carbocycles. The van der Waals surface area contributed by atoms with E-state index in [4.69, 9.17) is 28.9 Å². The van der Waals surface area contributed by atoms with Crippen molar-refractivity contribution in [2.24, 2.45) is 5.73 Å². The summed E-state index contributed by atoms with van der Waals surface area (Å²) in [6.07, 6.45) is 0.890. The van der Waals surface area contributed by atoms with Gasteiger partial charge in [-0.15, -0.1) is 0 Å². The highest BCUT2D eigenvalue weighted by Gasteiger charge is 2.34. The number of benzene rings is 1. The maximum atomic E-state index is 11.6. The van der Waals surface area contributed by atoms with Gasteiger partial charge in [0.25, 0.3) is 0 Å². The van der Waals surface area contributed by atoms with Crippen LogP contribution in [0.1, 0.15) is 25.8 Å². The Morgan fingerprint density at radius 1 is 1.47 bits per heavy atom. The summed E-state index contributed by atoms with van der Waals surface area (Å²) >= 11 is 12.0. The van der Waals surface area contributed by atoms with Gasteiger partial charge < -0.3 is 5.73 Å². The number of nitrogens with one attached hydrogen (secondary N) is 1. The van der Waals surface area contributed by atoms with Crippen LogP contribution in [-0.2, 0) is 10.3 Å². The van der Waals surface area contributed by atoms with E-state index in [1.165, 1.54) is 0 Å². The fourth-order valence-corrected chi connectivity index (χ4v) is 2.05. The SMILES string of the molecule is CCCNC(C)(C(N)=O)c1cc(Cl)ccc1Cl. The van der Waals surface area contributed by atoms with Crippen molar-refractivity contribution in [3.05, 3.63) is 33.8 Å². The predicted molar refractivity (Wildman–Crippen MR) is 71.3 cm³/mol. The number of hydrogen-bond donors (Lipinski definition) is 2. The Morgan fingerprint density at radius 3 is 2.65 bits per heavy atom. The molecule has 0 fully saturated rings. The first-order valence-electron chi connectivity index (χ1n) is 5.42. The summed E-state index contributed by atoms with van der Waals surface area (Å²) in [6.45, 7) is 4.39. The van der Waals surface area contributed by atoms with Crippen LogP contribution in [0, 0.1) is 0 Å². The molecule has 0 saturated heterocycles. The van der Waals surface area contributed by atoms with Gasteiger partial charge in [0.05, 0.1) is 0 Å². The van der Waals surface area contributed by atoms with E-state index in [-0.39, 0.29) is 0 Å². The second-order valence-electron chi connectivity index (χ2n) is 4.04. The fourth-order valence-electron chi connectivity index (χ4n) is 1.57. The van der Waals surface area contributed by atoms with Crippen LogP contribution in [-0.4, -0.2) is 12.5 Å². The summed E-state index contributed by atoms with van der Waals surface area (Å²) in [5.41, 5.74) is 5.06. The number of rotatable bonds is 5. The molecule has 94 valence electrons. The molecule has 3 nitrogen and oxygen atoms in total. The number of amides is 1. The number of nitrogens with two attached hydrogens (primary N) is 1. The molecule has 0 aliphatic carbocycles. The molecule has 3 N–H and O–H groups in total. The minimum Gasteiger partial charge on any atom is -0.368 e. The second kappa shape index (κ2) is 5.71. The highest BCUT2D eigenvalue weighted by Crippen LogP contribution is 2.30. The zero-order valence-electron chi connectivity index (χ0n) is 9.89. The van der Waals surface area contributed by atoms with Gasteiger partial charge in [0.1, 0.15) is 5.54 Å². The van der Waals surface area contributed by atoms with E-state index in [0.717, 1.165) is 6.42 Å². The topological polar surface area (TPSA) is 55.1 Å². The molecule has 17 heavy (non-hydrogen) atoms. The van der Waals surface area contributed by atoms with Crippen molar-refractivity contribution in [3.63, 3.8) is 0 Å². The minimum absolute atomic E-state index is 0.472. The number of carbonyl (C=O) groups is 1. The Bertz CT molecular complexity index is 423. The van der Waals surface area contributed by atoms with Gasteiger partial charge in [0.15, 0.2) is 0 Å². The molecule has 1 aromatic rings. The Hall–Kier alpha value is -0.770. The van der Waals surface area contributed by atoms with Crippen molar-refractivity contribution in [3.8, 4) is 0 Å². The third-order valence-electron chi connectivity index (χ3n) is 2.69. The highest BCUT2D eigenvalue weighted by molar-refractivity contribution is 6.34. The van der Waals surface area contributed by atoms with Gasteiger partial charge in [-0.1, -0.05) is 30.1 Å². The predicted octanol–water partition coefficient (Wildman–Crippen LogP) is 2.69. The van der Waals surface area contributed by atoms with Crippen molar-refractivity contribution in [2.75, 3.05) is 6.54 Å². The maximum absolute atomic E-state index is 11.6. The number of carbonyl (C=O) groups excluding carboxylic acids is 1. The Labute approximate surface area is 111 Å². The molecule has 1 unspecified atom stereocenters. The van der Waals surface area contributed by atoms with Gasteiger partial charge in [0.2, 0.25) is 5.91 Å². The van der Waals surface area contributed by atoms with Gasteiger partial charge in [-0.25, -0.2) is 0 Å². The molecule has 1 atom stereocenters. The lowest BCUT2D eigenvalue weighted by Crippen LogP contribution is -2.50. The van der Waals surface area contributed by atoms with E-state index in [9.17, 15) is 4.79 Å². The summed E-state index contributed by atoms with van der Waals surface area (Å²) in [4.78, 5) is 11.6. The first-order chi connectivity index (χ1) is 7.91. The quantitative estimate of drug-likeness (QED) is 0.868. The molecule has 0 aromatic heterocycles. The maximum Gasteiger partial charge on any atom is 0.242 e. The Morgan fingerprint density at radius 2 is 2.12 bits per heavy atom. The third-order valence-corrected chi connectivity index (χ3v) is 3.25. The van der Waals surface area contributed by atoms with Gasteiger partial charge >= 0.3 is 0 Å². The molecule has 1 rings (SSSR count). The molecule has 5 heteroatoms. The largest absolute Gasteiger partial charge is 0.368 e. The molecular formula is C12H16Cl2N2O. The van der Waals surface area contributed by atoms with Crippen LogP contribution in [0.25, 0.3) is 0 Å². The molecule has 0 aliphatic heterocycles. The van der Waals surface area contributed by atoms with Gasteiger partial charge in [-0.2, -0.15) is 0 Å². The second-order valence-corrected chi connectivity index (χ2v) is 4.88. The standard InChI is InChI=1S/C12H16Cl2N2O/c1-3-6-16-12(2,11(15)17)9-7-8(13)4-5-10(9)14/h4-5,7,16H,3,6H2,1-2H3,(H2,15,17). The smallest absolute Gasteiger partial charge is 0.242 e. The van der Waals surface area contributed by atoms with Crippen LogP contribution >= 0.6 is 23.2 Å². The summed E-state index contributed by atoms with van der Waals surface area (Å²) in [7, 11) is 0. The molecule has 1 amide bonds. The lowest BCUT2D eigenvalue weighted by Gasteiger charge is -2.29. The zero-order chi connectivity index (χ0) is 13.1. The number of hydrogen-bond acceptors (Lipinski definition) is 2. The molecule has 0 heterocycles. The third kappa shape index (κ3) is 3.12. The Balaban J connectivity index is 3.21. The van der Waals surface area contributed by atoms with Gasteiger partial charge in [0, 0.05) is 15.6 Å². The zero-order valence-corrected chi connectivity index (χ0v) is 11.4. The lowest BCUT2D eigenvalue weighted by molar-refractivity contribution is -0.124. The van der Waals surface area contributed by atoms with Crippen LogP contribution in [0.2, 0.25) is 10.0 Å². The van der Waals surface area contributed by atoms with Gasteiger partial charge in [-0.05, 0) is 38.1 Å². The average molecular weight is 275 g/mol. The van der Waals surface area contributed by atoms with Crippen LogP contribution in [0.4, 0.5) is 0 Å². The monoisotopic (exact) mass is 274 g/mol. The summed E-state index contributed by atoms with van der Waals surface area (Å²) < 4.78 is 0. The van der Waals surface area contributed by atoms with Crippen LogP contribution in [0.3, 0.4) is 0 Å². The molecule has 0 bridgehead atoms. The minimum atomic E-state index is -1.00. The van der Waals surface area contributed by atoms with Crippen LogP contribution in [0.15, 0.2) is 18.2 Å². The summed E-state index contributed by atoms with van der Waals surface area (Å²) in [6, 6.07) is 5.00. The van der Waals surface area contributed by atoms with Crippen molar-refractivity contribution in [1.29, 1.82) is 0 Å². The Kier molecular flexibility index (Phi) is 4.80. The van der Waals surface area contributed by atoms with Crippen LogP contribution < -0.4 is 11.1 Å². The molecule has 1 aromatic carbocycles. The average Bonchev–Trinajstić information content (AvgIpc) is 2.29. The molecule has 0 radical (unpaired) electrons. The number of halogens is 2. The van der Waals surface area contributed by atoms with E-state index >= 15 is 0 Å². The normalized spacial score (nSPS) is 14.4. The lowest BCUT2D eigenvalue weighted by atomic mass is 9.91. The highest BCUT2D eigenvalue weighted by atomic mass is 35.5.